The number of aromatic nitrogens is 3. The number of H-pyrrole nitrogens is 1. The van der Waals surface area contributed by atoms with Crippen molar-refractivity contribution in [2.45, 2.75) is 18.8 Å². The van der Waals surface area contributed by atoms with Crippen molar-refractivity contribution in [1.29, 1.82) is 0 Å². The van der Waals surface area contributed by atoms with Gasteiger partial charge in [0.25, 0.3) is 0 Å². The van der Waals surface area contributed by atoms with Crippen LogP contribution in [0.1, 0.15) is 23.7 Å². The van der Waals surface area contributed by atoms with Gasteiger partial charge in [-0.1, -0.05) is 6.07 Å². The number of imidazole rings is 1. The Morgan fingerprint density at radius 1 is 1.33 bits per heavy atom. The van der Waals surface area contributed by atoms with Crippen LogP contribution < -0.4 is 0 Å². The van der Waals surface area contributed by atoms with Gasteiger partial charge in [-0.05, 0) is 31.9 Å². The molecule has 0 aliphatic heterocycles. The van der Waals surface area contributed by atoms with Crippen LogP contribution in [0.2, 0.25) is 0 Å². The molecule has 1 unspecified atom stereocenters. The SMILES string of the molecule is [CH2]C(CCc1c[nH]cn1)c1ccccn1. The van der Waals surface area contributed by atoms with Gasteiger partial charge in [-0.3, -0.25) is 4.98 Å². The lowest BCUT2D eigenvalue weighted by Crippen LogP contribution is -1.99. The standard InChI is InChI=1S/C12H14N3/c1-10(12-4-2-3-7-14-12)5-6-11-8-13-9-15-11/h2-4,7-10H,1,5-6H2,(H,13,15). The van der Waals surface area contributed by atoms with E-state index in [9.17, 15) is 0 Å². The molecule has 0 spiro atoms. The number of hydrogen-bond acceptors (Lipinski definition) is 2. The van der Waals surface area contributed by atoms with Gasteiger partial charge < -0.3 is 4.98 Å². The Labute approximate surface area is 89.6 Å². The highest BCUT2D eigenvalue weighted by atomic mass is 14.9. The van der Waals surface area contributed by atoms with Gasteiger partial charge in [0.05, 0.1) is 12.0 Å². The Balaban J connectivity index is 1.90. The summed E-state index contributed by atoms with van der Waals surface area (Å²) in [6, 6.07) is 5.93. The Bertz CT molecular complexity index is 381. The second-order valence-corrected chi connectivity index (χ2v) is 3.55. The minimum atomic E-state index is 0.239. The van der Waals surface area contributed by atoms with Crippen molar-refractivity contribution in [3.63, 3.8) is 0 Å². The predicted octanol–water partition coefficient (Wildman–Crippen LogP) is 2.36. The van der Waals surface area contributed by atoms with Gasteiger partial charge in [0.15, 0.2) is 0 Å². The summed E-state index contributed by atoms with van der Waals surface area (Å²) >= 11 is 0. The molecule has 0 saturated carbocycles. The molecule has 0 aliphatic carbocycles. The van der Waals surface area contributed by atoms with Crippen molar-refractivity contribution in [1.82, 2.24) is 15.0 Å². The molecule has 2 rings (SSSR count). The van der Waals surface area contributed by atoms with Crippen LogP contribution in [-0.4, -0.2) is 15.0 Å². The summed E-state index contributed by atoms with van der Waals surface area (Å²) in [6.07, 6.45) is 7.34. The third kappa shape index (κ3) is 2.65. The van der Waals surface area contributed by atoms with E-state index in [2.05, 4.69) is 21.9 Å². The summed E-state index contributed by atoms with van der Waals surface area (Å²) in [5.41, 5.74) is 2.13. The van der Waals surface area contributed by atoms with Crippen LogP contribution in [-0.2, 0) is 6.42 Å². The van der Waals surface area contributed by atoms with Crippen LogP contribution in [0.4, 0.5) is 0 Å². The highest BCUT2D eigenvalue weighted by molar-refractivity contribution is 5.11. The first kappa shape index (κ1) is 9.90. The molecule has 3 heteroatoms. The molecule has 2 aromatic rings. The van der Waals surface area contributed by atoms with Crippen LogP contribution in [0.15, 0.2) is 36.9 Å². The van der Waals surface area contributed by atoms with Crippen molar-refractivity contribution in [2.24, 2.45) is 0 Å². The van der Waals surface area contributed by atoms with Gasteiger partial charge in [0.1, 0.15) is 0 Å². The van der Waals surface area contributed by atoms with Gasteiger partial charge >= 0.3 is 0 Å². The summed E-state index contributed by atoms with van der Waals surface area (Å²) in [5.74, 6) is 0.239. The minimum Gasteiger partial charge on any atom is -0.351 e. The Hall–Kier alpha value is -1.64. The van der Waals surface area contributed by atoms with Crippen LogP contribution in [0.5, 0.6) is 0 Å². The molecule has 2 heterocycles. The number of aromatic amines is 1. The first-order valence-corrected chi connectivity index (χ1v) is 5.08. The van der Waals surface area contributed by atoms with E-state index in [1.54, 1.807) is 6.33 Å². The molecule has 0 saturated heterocycles. The first-order valence-electron chi connectivity index (χ1n) is 5.08. The van der Waals surface area contributed by atoms with E-state index in [1.165, 1.54) is 0 Å². The van der Waals surface area contributed by atoms with Crippen LogP contribution in [0, 0.1) is 6.92 Å². The predicted molar refractivity (Wildman–Crippen MR) is 59.2 cm³/mol. The molecule has 0 bridgehead atoms. The molecular formula is C12H14N3. The fourth-order valence-electron chi connectivity index (χ4n) is 1.52. The summed E-state index contributed by atoms with van der Waals surface area (Å²) < 4.78 is 0. The molecule has 1 N–H and O–H groups in total. The molecule has 0 aromatic carbocycles. The fraction of sp³-hybridized carbons (Fsp3) is 0.250. The Morgan fingerprint density at radius 3 is 2.93 bits per heavy atom. The Kier molecular flexibility index (Phi) is 3.12. The van der Waals surface area contributed by atoms with Crippen LogP contribution in [0.3, 0.4) is 0 Å². The van der Waals surface area contributed by atoms with E-state index in [0.29, 0.717) is 0 Å². The number of nitrogens with one attached hydrogen (secondary N) is 1. The van der Waals surface area contributed by atoms with Crippen molar-refractivity contribution < 1.29 is 0 Å². The zero-order valence-corrected chi connectivity index (χ0v) is 8.56. The average Bonchev–Trinajstić information content (AvgIpc) is 2.80. The monoisotopic (exact) mass is 200 g/mol. The van der Waals surface area contributed by atoms with Crippen molar-refractivity contribution >= 4 is 0 Å². The minimum absolute atomic E-state index is 0.239. The highest BCUT2D eigenvalue weighted by Gasteiger charge is 2.07. The zero-order chi connectivity index (χ0) is 10.5. The molecule has 1 atom stereocenters. The quantitative estimate of drug-likeness (QED) is 0.823. The lowest BCUT2D eigenvalue weighted by Gasteiger charge is -2.08. The summed E-state index contributed by atoms with van der Waals surface area (Å²) in [7, 11) is 0. The van der Waals surface area contributed by atoms with Crippen LogP contribution >= 0.6 is 0 Å². The molecule has 77 valence electrons. The molecule has 1 radical (unpaired) electrons. The summed E-state index contributed by atoms with van der Waals surface area (Å²) in [4.78, 5) is 11.4. The van der Waals surface area contributed by atoms with E-state index in [0.717, 1.165) is 24.2 Å². The third-order valence-corrected chi connectivity index (χ3v) is 2.41. The normalized spacial score (nSPS) is 12.6. The molecular weight excluding hydrogens is 186 g/mol. The topological polar surface area (TPSA) is 41.6 Å². The van der Waals surface area contributed by atoms with E-state index >= 15 is 0 Å². The molecule has 3 nitrogen and oxygen atoms in total. The number of nitrogens with zero attached hydrogens (tertiary/aromatic N) is 2. The third-order valence-electron chi connectivity index (χ3n) is 2.41. The maximum Gasteiger partial charge on any atom is 0.0923 e. The van der Waals surface area contributed by atoms with E-state index in [-0.39, 0.29) is 5.92 Å². The van der Waals surface area contributed by atoms with Crippen LogP contribution in [0.25, 0.3) is 0 Å². The maximum atomic E-state index is 4.29. The summed E-state index contributed by atoms with van der Waals surface area (Å²) in [5, 5.41) is 0. The lowest BCUT2D eigenvalue weighted by atomic mass is 10.0. The van der Waals surface area contributed by atoms with Crippen molar-refractivity contribution in [3.8, 4) is 0 Å². The number of aryl methyl sites for hydroxylation is 1. The maximum absolute atomic E-state index is 4.29. The molecule has 15 heavy (non-hydrogen) atoms. The molecule has 2 aromatic heterocycles. The zero-order valence-electron chi connectivity index (χ0n) is 8.56. The largest absolute Gasteiger partial charge is 0.351 e. The average molecular weight is 200 g/mol. The van der Waals surface area contributed by atoms with E-state index in [1.807, 2.05) is 30.6 Å². The first-order chi connectivity index (χ1) is 7.36. The fourth-order valence-corrected chi connectivity index (χ4v) is 1.52. The second-order valence-electron chi connectivity index (χ2n) is 3.55. The van der Waals surface area contributed by atoms with Gasteiger partial charge in [0, 0.05) is 24.0 Å². The van der Waals surface area contributed by atoms with Gasteiger partial charge in [-0.25, -0.2) is 4.98 Å². The second kappa shape index (κ2) is 4.73. The van der Waals surface area contributed by atoms with Gasteiger partial charge in [0.2, 0.25) is 0 Å². The number of hydrogen-bond donors (Lipinski definition) is 1. The van der Waals surface area contributed by atoms with Gasteiger partial charge in [-0.2, -0.15) is 0 Å². The smallest absolute Gasteiger partial charge is 0.0923 e. The molecule has 0 amide bonds. The molecule has 0 fully saturated rings. The summed E-state index contributed by atoms with van der Waals surface area (Å²) in [6.45, 7) is 4.11. The van der Waals surface area contributed by atoms with Crippen molar-refractivity contribution in [3.05, 3.63) is 55.2 Å². The number of pyridine rings is 1. The number of rotatable bonds is 4. The van der Waals surface area contributed by atoms with E-state index < -0.39 is 0 Å². The molecule has 0 aliphatic rings. The lowest BCUT2D eigenvalue weighted by molar-refractivity contribution is 0.704. The Morgan fingerprint density at radius 2 is 2.27 bits per heavy atom. The van der Waals surface area contributed by atoms with E-state index in [4.69, 9.17) is 0 Å². The van der Waals surface area contributed by atoms with Gasteiger partial charge in [-0.15, -0.1) is 0 Å². The highest BCUT2D eigenvalue weighted by Crippen LogP contribution is 2.17. The van der Waals surface area contributed by atoms with Crippen molar-refractivity contribution in [2.75, 3.05) is 0 Å².